The number of benzene rings is 1. The van der Waals surface area contributed by atoms with E-state index in [9.17, 15) is 9.59 Å². The standard InChI is InChI=1S/C31H36N6O3/c1-18(2)29(38)35-22-10-11-23(19(3)14-22)26-24(25-27(32)33-17-34-28(25)36(26)4)20-6-8-21(9-7-20)30(39)37-13-5-12-31(37)15-40-16-31/h6,10-11,14,17,21H,1,5,7-9,12-13,15-16H2,2-4H3,(H,35,38)(H2,32,33,34). The van der Waals surface area contributed by atoms with Crippen LogP contribution in [0.4, 0.5) is 11.5 Å². The molecule has 4 heterocycles. The minimum absolute atomic E-state index is 0.0238. The first kappa shape index (κ1) is 26.3. The topological polar surface area (TPSA) is 115 Å². The van der Waals surface area contributed by atoms with Crippen LogP contribution in [0.5, 0.6) is 0 Å². The van der Waals surface area contributed by atoms with Crippen molar-refractivity contribution in [3.63, 3.8) is 0 Å². The van der Waals surface area contributed by atoms with Gasteiger partial charge in [-0.1, -0.05) is 18.7 Å². The van der Waals surface area contributed by atoms with Gasteiger partial charge in [0.2, 0.25) is 5.91 Å². The Morgan fingerprint density at radius 3 is 2.70 bits per heavy atom. The fourth-order valence-corrected chi connectivity index (χ4v) is 6.57. The Labute approximate surface area is 234 Å². The van der Waals surface area contributed by atoms with Crippen molar-refractivity contribution in [1.82, 2.24) is 19.4 Å². The second kappa shape index (κ2) is 9.89. The molecule has 2 amide bonds. The molecule has 3 aliphatic rings. The molecule has 1 unspecified atom stereocenters. The van der Waals surface area contributed by atoms with E-state index in [2.05, 4.69) is 37.4 Å². The van der Waals surface area contributed by atoms with E-state index in [1.165, 1.54) is 6.33 Å². The van der Waals surface area contributed by atoms with E-state index < -0.39 is 0 Å². The normalized spacial score (nSPS) is 19.9. The van der Waals surface area contributed by atoms with Gasteiger partial charge in [-0.25, -0.2) is 9.97 Å². The fourth-order valence-electron chi connectivity index (χ4n) is 6.57. The SMILES string of the molecule is C=C(C)C(=O)Nc1ccc(-c2c(C3=CCC(C(=O)N4CCCC45COC5)CC3)c3c(N)ncnc3n2C)c(C)c1. The van der Waals surface area contributed by atoms with Crippen LogP contribution in [-0.2, 0) is 21.4 Å². The number of aromatic nitrogens is 3. The molecule has 9 nitrogen and oxygen atoms in total. The molecule has 208 valence electrons. The number of ether oxygens (including phenoxy) is 1. The lowest BCUT2D eigenvalue weighted by Gasteiger charge is -2.46. The Morgan fingerprint density at radius 1 is 1.25 bits per heavy atom. The summed E-state index contributed by atoms with van der Waals surface area (Å²) in [6.07, 6.45) is 8.04. The molecule has 0 radical (unpaired) electrons. The number of nitrogens with two attached hydrogens (primary N) is 1. The first-order valence-electron chi connectivity index (χ1n) is 14.0. The first-order chi connectivity index (χ1) is 19.2. The molecule has 0 saturated carbocycles. The van der Waals surface area contributed by atoms with Crippen molar-refractivity contribution in [3.8, 4) is 11.3 Å². The molecule has 3 aromatic rings. The Morgan fingerprint density at radius 2 is 2.05 bits per heavy atom. The number of amides is 2. The van der Waals surface area contributed by atoms with Crippen molar-refractivity contribution >= 4 is 39.9 Å². The molecule has 2 saturated heterocycles. The number of fused-ring (bicyclic) bond motifs is 1. The van der Waals surface area contributed by atoms with Gasteiger partial charge in [-0.2, -0.15) is 0 Å². The number of hydrogen-bond acceptors (Lipinski definition) is 6. The number of hydrogen-bond donors (Lipinski definition) is 2. The van der Waals surface area contributed by atoms with Crippen molar-refractivity contribution in [2.45, 2.75) is 51.5 Å². The molecule has 2 fully saturated rings. The number of nitrogens with zero attached hydrogens (tertiary/aromatic N) is 4. The Bertz CT molecular complexity index is 1580. The van der Waals surface area contributed by atoms with Gasteiger partial charge >= 0.3 is 0 Å². The maximum Gasteiger partial charge on any atom is 0.250 e. The molecule has 9 heteroatoms. The number of nitrogen functional groups attached to an aromatic ring is 1. The number of rotatable bonds is 5. The van der Waals surface area contributed by atoms with E-state index in [1.807, 2.05) is 32.2 Å². The lowest BCUT2D eigenvalue weighted by molar-refractivity contribution is -0.162. The maximum absolute atomic E-state index is 13.6. The predicted molar refractivity (Wildman–Crippen MR) is 156 cm³/mol. The third-order valence-corrected chi connectivity index (χ3v) is 8.81. The highest BCUT2D eigenvalue weighted by molar-refractivity contribution is 6.05. The molecule has 1 atom stereocenters. The van der Waals surface area contributed by atoms with Gasteiger partial charge in [0.1, 0.15) is 17.8 Å². The zero-order valence-corrected chi connectivity index (χ0v) is 23.4. The number of nitrogens with one attached hydrogen (secondary N) is 1. The van der Waals surface area contributed by atoms with E-state index in [4.69, 9.17) is 10.5 Å². The molecule has 1 spiro atoms. The van der Waals surface area contributed by atoms with Crippen molar-refractivity contribution < 1.29 is 14.3 Å². The summed E-state index contributed by atoms with van der Waals surface area (Å²) in [5, 5.41) is 3.73. The molecule has 6 rings (SSSR count). The molecule has 40 heavy (non-hydrogen) atoms. The van der Waals surface area contributed by atoms with Crippen LogP contribution < -0.4 is 11.1 Å². The minimum Gasteiger partial charge on any atom is -0.383 e. The average molecular weight is 541 g/mol. The highest BCUT2D eigenvalue weighted by Gasteiger charge is 2.50. The minimum atomic E-state index is -0.207. The van der Waals surface area contributed by atoms with Crippen LogP contribution in [0, 0.1) is 12.8 Å². The van der Waals surface area contributed by atoms with Gasteiger partial charge in [0, 0.05) is 41.9 Å². The van der Waals surface area contributed by atoms with Crippen LogP contribution in [-0.4, -0.2) is 56.5 Å². The monoisotopic (exact) mass is 540 g/mol. The summed E-state index contributed by atoms with van der Waals surface area (Å²) >= 11 is 0. The summed E-state index contributed by atoms with van der Waals surface area (Å²) in [5.41, 5.74) is 13.5. The predicted octanol–water partition coefficient (Wildman–Crippen LogP) is 4.62. The van der Waals surface area contributed by atoms with E-state index in [-0.39, 0.29) is 23.3 Å². The van der Waals surface area contributed by atoms with Crippen molar-refractivity contribution in [2.24, 2.45) is 13.0 Å². The largest absolute Gasteiger partial charge is 0.383 e. The summed E-state index contributed by atoms with van der Waals surface area (Å²) in [7, 11) is 1.99. The van der Waals surface area contributed by atoms with Crippen molar-refractivity contribution in [3.05, 3.63) is 53.9 Å². The van der Waals surface area contributed by atoms with Gasteiger partial charge in [-0.3, -0.25) is 9.59 Å². The number of aryl methyl sites for hydroxylation is 2. The molecule has 0 bridgehead atoms. The molecular formula is C31H36N6O3. The van der Waals surface area contributed by atoms with E-state index >= 15 is 0 Å². The van der Waals surface area contributed by atoms with Gasteiger partial charge < -0.3 is 25.3 Å². The molecule has 3 N–H and O–H groups in total. The van der Waals surface area contributed by atoms with Crippen LogP contribution in [0.15, 0.2) is 42.8 Å². The van der Waals surface area contributed by atoms with E-state index in [0.717, 1.165) is 71.2 Å². The molecule has 2 aliphatic heterocycles. The van der Waals surface area contributed by atoms with Crippen LogP contribution in [0.2, 0.25) is 0 Å². The number of likely N-dealkylation sites (tertiary alicyclic amines) is 1. The summed E-state index contributed by atoms with van der Waals surface area (Å²) in [5.74, 6) is 0.471. The van der Waals surface area contributed by atoms with Gasteiger partial charge in [0.05, 0.1) is 29.8 Å². The molecule has 1 aliphatic carbocycles. The summed E-state index contributed by atoms with van der Waals surface area (Å²) in [6, 6.07) is 5.89. The maximum atomic E-state index is 13.6. The summed E-state index contributed by atoms with van der Waals surface area (Å²) in [6.45, 7) is 9.60. The molecule has 2 aromatic heterocycles. The summed E-state index contributed by atoms with van der Waals surface area (Å²) < 4.78 is 7.57. The van der Waals surface area contributed by atoms with Crippen LogP contribution in [0.25, 0.3) is 27.9 Å². The quantitative estimate of drug-likeness (QED) is 0.457. The lowest BCUT2D eigenvalue weighted by Crippen LogP contribution is -2.61. The third kappa shape index (κ3) is 4.20. The van der Waals surface area contributed by atoms with Gasteiger partial charge in [-0.15, -0.1) is 0 Å². The number of allylic oxidation sites excluding steroid dienone is 2. The third-order valence-electron chi connectivity index (χ3n) is 8.81. The van der Waals surface area contributed by atoms with E-state index in [1.54, 1.807) is 6.92 Å². The van der Waals surface area contributed by atoms with Gasteiger partial charge in [0.15, 0.2) is 0 Å². The van der Waals surface area contributed by atoms with E-state index in [0.29, 0.717) is 36.7 Å². The second-order valence-electron chi connectivity index (χ2n) is 11.5. The van der Waals surface area contributed by atoms with Crippen LogP contribution in [0.3, 0.4) is 0 Å². The molecular weight excluding hydrogens is 504 g/mol. The van der Waals surface area contributed by atoms with Crippen molar-refractivity contribution in [2.75, 3.05) is 30.8 Å². The number of carbonyl (C=O) groups is 2. The molecule has 1 aromatic carbocycles. The zero-order valence-electron chi connectivity index (χ0n) is 23.4. The van der Waals surface area contributed by atoms with Crippen LogP contribution in [0.1, 0.15) is 50.2 Å². The highest BCUT2D eigenvalue weighted by Crippen LogP contribution is 2.45. The first-order valence-corrected chi connectivity index (χ1v) is 14.0. The van der Waals surface area contributed by atoms with Crippen molar-refractivity contribution in [1.29, 1.82) is 0 Å². The smallest absolute Gasteiger partial charge is 0.250 e. The Balaban J connectivity index is 1.37. The zero-order chi connectivity index (χ0) is 28.2. The Hall–Kier alpha value is -3.98. The second-order valence-corrected chi connectivity index (χ2v) is 11.5. The highest BCUT2D eigenvalue weighted by atomic mass is 16.5. The van der Waals surface area contributed by atoms with Gasteiger partial charge in [0.25, 0.3) is 5.91 Å². The fraction of sp³-hybridized carbons (Fsp3) is 0.419. The Kier molecular flexibility index (Phi) is 6.49. The summed E-state index contributed by atoms with van der Waals surface area (Å²) in [4.78, 5) is 36.8. The van der Waals surface area contributed by atoms with Gasteiger partial charge in [-0.05, 0) is 69.2 Å². The number of carbonyl (C=O) groups excluding carboxylic acids is 2. The number of anilines is 2. The van der Waals surface area contributed by atoms with Crippen LogP contribution >= 0.6 is 0 Å². The average Bonchev–Trinajstić information content (AvgIpc) is 3.50. The lowest BCUT2D eigenvalue weighted by atomic mass is 9.83.